The van der Waals surface area contributed by atoms with Crippen molar-refractivity contribution >= 4 is 41.0 Å². The van der Waals surface area contributed by atoms with E-state index < -0.39 is 0 Å². The quantitative estimate of drug-likeness (QED) is 0.785. The number of hydrogen-bond acceptors (Lipinski definition) is 5. The minimum Gasteiger partial charge on any atom is -0.360 e. The van der Waals surface area contributed by atoms with E-state index in [0.717, 1.165) is 5.56 Å². The summed E-state index contributed by atoms with van der Waals surface area (Å²) < 4.78 is 4.86. The first-order valence-electron chi connectivity index (χ1n) is 7.30. The minimum atomic E-state index is -0.230. The number of anilines is 1. The van der Waals surface area contributed by atoms with Gasteiger partial charge in [0.15, 0.2) is 5.82 Å². The molecule has 128 valence electrons. The molecular formula is C16H18ClN3O3S. The van der Waals surface area contributed by atoms with Crippen LogP contribution in [0.2, 0.25) is 5.02 Å². The van der Waals surface area contributed by atoms with E-state index in [1.165, 1.54) is 11.8 Å². The monoisotopic (exact) mass is 367 g/mol. The standard InChI is InChI=1S/C16H18ClN3O3S/c1-10-7-14(20-23-10)19-16(22)9-24-8-15(21)18-11(2)12-3-5-13(17)6-4-12/h3-7,11H,8-9H2,1-2H3,(H,18,21)(H,19,20,22). The molecule has 0 aliphatic heterocycles. The van der Waals surface area contributed by atoms with E-state index >= 15 is 0 Å². The Morgan fingerprint density at radius 2 is 1.92 bits per heavy atom. The Morgan fingerprint density at radius 1 is 1.25 bits per heavy atom. The van der Waals surface area contributed by atoms with Crippen LogP contribution in [0.3, 0.4) is 0 Å². The molecule has 0 saturated heterocycles. The van der Waals surface area contributed by atoms with Crippen LogP contribution in [-0.2, 0) is 9.59 Å². The van der Waals surface area contributed by atoms with Crippen molar-refractivity contribution in [1.82, 2.24) is 10.5 Å². The number of nitrogens with zero attached hydrogens (tertiary/aromatic N) is 1. The summed E-state index contributed by atoms with van der Waals surface area (Å²) in [5.74, 6) is 0.990. The Balaban J connectivity index is 1.69. The molecule has 8 heteroatoms. The van der Waals surface area contributed by atoms with Crippen molar-refractivity contribution < 1.29 is 14.1 Å². The number of carbonyl (C=O) groups excluding carboxylic acids is 2. The number of rotatable bonds is 7. The van der Waals surface area contributed by atoms with Gasteiger partial charge in [0, 0.05) is 11.1 Å². The fraction of sp³-hybridized carbons (Fsp3) is 0.312. The highest BCUT2D eigenvalue weighted by molar-refractivity contribution is 8.00. The molecule has 0 bridgehead atoms. The second-order valence-electron chi connectivity index (χ2n) is 5.20. The smallest absolute Gasteiger partial charge is 0.235 e. The van der Waals surface area contributed by atoms with Gasteiger partial charge >= 0.3 is 0 Å². The number of halogens is 1. The van der Waals surface area contributed by atoms with Crippen molar-refractivity contribution in [2.45, 2.75) is 19.9 Å². The predicted molar refractivity (Wildman–Crippen MR) is 95.2 cm³/mol. The van der Waals surface area contributed by atoms with Gasteiger partial charge in [-0.15, -0.1) is 11.8 Å². The van der Waals surface area contributed by atoms with E-state index in [4.69, 9.17) is 16.1 Å². The molecule has 1 aromatic carbocycles. The largest absolute Gasteiger partial charge is 0.360 e. The summed E-state index contributed by atoms with van der Waals surface area (Å²) in [6.45, 7) is 3.63. The first-order valence-corrected chi connectivity index (χ1v) is 8.83. The van der Waals surface area contributed by atoms with Gasteiger partial charge in [0.05, 0.1) is 17.5 Å². The van der Waals surface area contributed by atoms with E-state index in [9.17, 15) is 9.59 Å². The van der Waals surface area contributed by atoms with Crippen LogP contribution in [0.15, 0.2) is 34.9 Å². The van der Waals surface area contributed by atoms with Gasteiger partial charge < -0.3 is 15.2 Å². The van der Waals surface area contributed by atoms with E-state index in [0.29, 0.717) is 16.6 Å². The number of hydrogen-bond donors (Lipinski definition) is 2. The third-order valence-electron chi connectivity index (χ3n) is 3.11. The normalized spacial score (nSPS) is 11.8. The number of benzene rings is 1. The maximum absolute atomic E-state index is 11.9. The number of nitrogens with one attached hydrogen (secondary N) is 2. The zero-order valence-electron chi connectivity index (χ0n) is 13.3. The SMILES string of the molecule is Cc1cc(NC(=O)CSCC(=O)NC(C)c2ccc(Cl)cc2)no1. The van der Waals surface area contributed by atoms with Crippen LogP contribution in [0.4, 0.5) is 5.82 Å². The molecule has 0 spiro atoms. The third-order valence-corrected chi connectivity index (χ3v) is 4.29. The average molecular weight is 368 g/mol. The van der Waals surface area contributed by atoms with E-state index in [1.807, 2.05) is 19.1 Å². The van der Waals surface area contributed by atoms with Crippen LogP contribution in [0, 0.1) is 6.92 Å². The second kappa shape index (κ2) is 8.75. The molecule has 2 rings (SSSR count). The molecule has 1 unspecified atom stereocenters. The molecule has 0 radical (unpaired) electrons. The highest BCUT2D eigenvalue weighted by Gasteiger charge is 2.11. The molecule has 2 N–H and O–H groups in total. The Labute approximate surface area is 149 Å². The van der Waals surface area contributed by atoms with E-state index in [2.05, 4.69) is 15.8 Å². The summed E-state index contributed by atoms with van der Waals surface area (Å²) in [7, 11) is 0. The summed E-state index contributed by atoms with van der Waals surface area (Å²) in [5.41, 5.74) is 0.969. The summed E-state index contributed by atoms with van der Waals surface area (Å²) in [4.78, 5) is 23.6. The van der Waals surface area contributed by atoms with Crippen molar-refractivity contribution in [3.05, 3.63) is 46.7 Å². The maximum atomic E-state index is 11.9. The van der Waals surface area contributed by atoms with Crippen molar-refractivity contribution in [2.75, 3.05) is 16.8 Å². The highest BCUT2D eigenvalue weighted by atomic mass is 35.5. The fourth-order valence-electron chi connectivity index (χ4n) is 1.96. The molecule has 0 aliphatic rings. The first kappa shape index (κ1) is 18.4. The van der Waals surface area contributed by atoms with Gasteiger partial charge in [-0.3, -0.25) is 9.59 Å². The molecular weight excluding hydrogens is 350 g/mol. The van der Waals surface area contributed by atoms with Crippen molar-refractivity contribution in [1.29, 1.82) is 0 Å². The van der Waals surface area contributed by atoms with Crippen molar-refractivity contribution in [3.8, 4) is 0 Å². The molecule has 2 amide bonds. The van der Waals surface area contributed by atoms with Crippen LogP contribution in [0.1, 0.15) is 24.3 Å². The van der Waals surface area contributed by atoms with Crippen LogP contribution >= 0.6 is 23.4 Å². The summed E-state index contributed by atoms with van der Waals surface area (Å²) in [5, 5.41) is 9.81. The number of aromatic nitrogens is 1. The topological polar surface area (TPSA) is 84.2 Å². The third kappa shape index (κ3) is 5.90. The summed E-state index contributed by atoms with van der Waals surface area (Å²) >= 11 is 7.07. The number of thioether (sulfide) groups is 1. The Kier molecular flexibility index (Phi) is 6.69. The first-order chi connectivity index (χ1) is 11.4. The summed E-state index contributed by atoms with van der Waals surface area (Å²) in [6, 6.07) is 8.81. The van der Waals surface area contributed by atoms with Gasteiger partial charge in [-0.2, -0.15) is 0 Å². The molecule has 2 aromatic rings. The van der Waals surface area contributed by atoms with Crippen LogP contribution < -0.4 is 10.6 Å². The highest BCUT2D eigenvalue weighted by Crippen LogP contribution is 2.16. The fourth-order valence-corrected chi connectivity index (χ4v) is 2.71. The number of amides is 2. The Hall–Kier alpha value is -1.99. The lowest BCUT2D eigenvalue weighted by Gasteiger charge is -2.14. The molecule has 1 aromatic heterocycles. The Bertz CT molecular complexity index is 703. The van der Waals surface area contributed by atoms with E-state index in [1.54, 1.807) is 25.1 Å². The second-order valence-corrected chi connectivity index (χ2v) is 6.63. The zero-order chi connectivity index (χ0) is 17.5. The van der Waals surface area contributed by atoms with Crippen molar-refractivity contribution in [2.24, 2.45) is 0 Å². The number of aryl methyl sites for hydroxylation is 1. The Morgan fingerprint density at radius 3 is 2.54 bits per heavy atom. The van der Waals surface area contributed by atoms with Gasteiger partial charge in [0.25, 0.3) is 0 Å². The lowest BCUT2D eigenvalue weighted by molar-refractivity contribution is -0.119. The van der Waals surface area contributed by atoms with Crippen LogP contribution in [0.5, 0.6) is 0 Å². The van der Waals surface area contributed by atoms with Gasteiger partial charge in [-0.05, 0) is 31.5 Å². The van der Waals surface area contributed by atoms with Gasteiger partial charge in [0.1, 0.15) is 5.76 Å². The molecule has 0 fully saturated rings. The molecule has 0 aliphatic carbocycles. The summed E-state index contributed by atoms with van der Waals surface area (Å²) in [6.07, 6.45) is 0. The molecule has 1 heterocycles. The molecule has 6 nitrogen and oxygen atoms in total. The lowest BCUT2D eigenvalue weighted by atomic mass is 10.1. The molecule has 24 heavy (non-hydrogen) atoms. The predicted octanol–water partition coefficient (Wildman–Crippen LogP) is 3.19. The zero-order valence-corrected chi connectivity index (χ0v) is 14.9. The number of carbonyl (C=O) groups is 2. The van der Waals surface area contributed by atoms with Crippen LogP contribution in [-0.4, -0.2) is 28.5 Å². The van der Waals surface area contributed by atoms with Crippen LogP contribution in [0.25, 0.3) is 0 Å². The lowest BCUT2D eigenvalue weighted by Crippen LogP contribution is -2.28. The van der Waals surface area contributed by atoms with Gasteiger partial charge in [0.2, 0.25) is 11.8 Å². The minimum absolute atomic E-state index is 0.123. The average Bonchev–Trinajstić information content (AvgIpc) is 2.92. The maximum Gasteiger partial charge on any atom is 0.235 e. The van der Waals surface area contributed by atoms with E-state index in [-0.39, 0.29) is 29.4 Å². The van der Waals surface area contributed by atoms with Crippen molar-refractivity contribution in [3.63, 3.8) is 0 Å². The molecule has 0 saturated carbocycles. The molecule has 1 atom stereocenters. The van der Waals surface area contributed by atoms with Gasteiger partial charge in [-0.25, -0.2) is 0 Å². The van der Waals surface area contributed by atoms with Gasteiger partial charge in [-0.1, -0.05) is 28.9 Å².